The van der Waals surface area contributed by atoms with E-state index in [0.29, 0.717) is 28.8 Å². The minimum atomic E-state index is 0.199. The lowest BCUT2D eigenvalue weighted by Crippen LogP contribution is -2.20. The van der Waals surface area contributed by atoms with Crippen LogP contribution in [0.3, 0.4) is 0 Å². The summed E-state index contributed by atoms with van der Waals surface area (Å²) >= 11 is 11.7. The van der Waals surface area contributed by atoms with Crippen LogP contribution in [0.1, 0.15) is 11.3 Å². The molecule has 1 heterocycles. The van der Waals surface area contributed by atoms with Crippen LogP contribution in [0.25, 0.3) is 0 Å². The molecule has 2 N–H and O–H groups in total. The van der Waals surface area contributed by atoms with Crippen molar-refractivity contribution in [1.82, 2.24) is 9.97 Å². The molecule has 0 aliphatic heterocycles. The smallest absolute Gasteiger partial charge is 0.224 e. The third-order valence-electron chi connectivity index (χ3n) is 2.78. The number of aryl methyl sites for hydroxylation is 1. The van der Waals surface area contributed by atoms with Gasteiger partial charge in [0.15, 0.2) is 5.82 Å². The number of nitrogens with zero attached hydrogens (tertiary/aromatic N) is 3. The maximum absolute atomic E-state index is 5.98. The second kappa shape index (κ2) is 5.63. The number of rotatable bonds is 3. The molecule has 19 heavy (non-hydrogen) atoms. The molecule has 0 atom stereocenters. The van der Waals surface area contributed by atoms with Gasteiger partial charge in [-0.25, -0.2) is 4.98 Å². The highest BCUT2D eigenvalue weighted by Gasteiger charge is 2.12. The van der Waals surface area contributed by atoms with Gasteiger partial charge in [0.05, 0.1) is 11.4 Å². The molecule has 100 valence electrons. The van der Waals surface area contributed by atoms with Crippen LogP contribution in [0.2, 0.25) is 10.3 Å². The number of hydrogen-bond donors (Lipinski definition) is 1. The van der Waals surface area contributed by atoms with E-state index in [0.717, 1.165) is 5.56 Å². The Morgan fingerprint density at radius 3 is 2.42 bits per heavy atom. The third-order valence-corrected chi connectivity index (χ3v) is 3.20. The predicted molar refractivity (Wildman–Crippen MR) is 79.8 cm³/mol. The summed E-state index contributed by atoms with van der Waals surface area (Å²) in [5.41, 5.74) is 8.31. The summed E-state index contributed by atoms with van der Waals surface area (Å²) < 4.78 is 0. The standard InChI is InChI=1S/C13H14Cl2N4/c1-8-11(16)12(18-13(15)17-8)19(2)7-9-3-5-10(14)6-4-9/h3-6H,7,16H2,1-2H3. The number of hydrogen-bond acceptors (Lipinski definition) is 4. The molecule has 2 rings (SSSR count). The van der Waals surface area contributed by atoms with Crippen LogP contribution in [0.15, 0.2) is 24.3 Å². The monoisotopic (exact) mass is 296 g/mol. The molecule has 0 bridgehead atoms. The van der Waals surface area contributed by atoms with Crippen molar-refractivity contribution in [1.29, 1.82) is 0 Å². The summed E-state index contributed by atoms with van der Waals surface area (Å²) in [6.07, 6.45) is 0. The number of aromatic nitrogens is 2. The molecule has 2 aromatic rings. The van der Waals surface area contributed by atoms with Crippen LogP contribution in [0.4, 0.5) is 11.5 Å². The van der Waals surface area contributed by atoms with Gasteiger partial charge in [-0.2, -0.15) is 4.98 Å². The molecular formula is C13H14Cl2N4. The van der Waals surface area contributed by atoms with Crippen molar-refractivity contribution in [2.24, 2.45) is 0 Å². The van der Waals surface area contributed by atoms with E-state index in [1.807, 2.05) is 43.1 Å². The summed E-state index contributed by atoms with van der Waals surface area (Å²) in [5.74, 6) is 0.632. The van der Waals surface area contributed by atoms with Gasteiger partial charge in [-0.15, -0.1) is 0 Å². The van der Waals surface area contributed by atoms with Gasteiger partial charge in [0, 0.05) is 18.6 Å². The first kappa shape index (κ1) is 13.9. The molecule has 0 spiro atoms. The van der Waals surface area contributed by atoms with Gasteiger partial charge < -0.3 is 10.6 Å². The molecule has 0 radical (unpaired) electrons. The predicted octanol–water partition coefficient (Wildman–Crippen LogP) is 3.31. The van der Waals surface area contributed by atoms with Crippen molar-refractivity contribution in [3.05, 3.63) is 45.8 Å². The zero-order valence-corrected chi connectivity index (χ0v) is 12.2. The van der Waals surface area contributed by atoms with Gasteiger partial charge >= 0.3 is 0 Å². The Kier molecular flexibility index (Phi) is 4.12. The lowest BCUT2D eigenvalue weighted by molar-refractivity contribution is 0.889. The average Bonchev–Trinajstić information content (AvgIpc) is 2.36. The van der Waals surface area contributed by atoms with Crippen LogP contribution >= 0.6 is 23.2 Å². The van der Waals surface area contributed by atoms with Crippen molar-refractivity contribution < 1.29 is 0 Å². The normalized spacial score (nSPS) is 10.5. The molecule has 0 aliphatic rings. The van der Waals surface area contributed by atoms with Crippen LogP contribution < -0.4 is 10.6 Å². The first-order valence-electron chi connectivity index (χ1n) is 5.72. The fourth-order valence-electron chi connectivity index (χ4n) is 1.76. The Balaban J connectivity index is 2.24. The van der Waals surface area contributed by atoms with E-state index in [1.165, 1.54) is 0 Å². The molecule has 0 amide bonds. The first-order valence-corrected chi connectivity index (χ1v) is 6.48. The maximum atomic E-state index is 5.98. The molecule has 0 unspecified atom stereocenters. The zero-order chi connectivity index (χ0) is 14.0. The van der Waals surface area contributed by atoms with E-state index in [9.17, 15) is 0 Å². The summed E-state index contributed by atoms with van der Waals surface area (Å²) in [7, 11) is 1.91. The Labute approximate surface area is 122 Å². The second-order valence-electron chi connectivity index (χ2n) is 4.30. The van der Waals surface area contributed by atoms with E-state index in [-0.39, 0.29) is 5.28 Å². The lowest BCUT2D eigenvalue weighted by Gasteiger charge is -2.20. The molecule has 1 aromatic heterocycles. The summed E-state index contributed by atoms with van der Waals surface area (Å²) in [6, 6.07) is 7.63. The topological polar surface area (TPSA) is 55.0 Å². The SMILES string of the molecule is Cc1nc(Cl)nc(N(C)Cc2ccc(Cl)cc2)c1N. The largest absolute Gasteiger partial charge is 0.394 e. The van der Waals surface area contributed by atoms with Crippen molar-refractivity contribution >= 4 is 34.7 Å². The van der Waals surface area contributed by atoms with Crippen molar-refractivity contribution in [2.45, 2.75) is 13.5 Å². The molecule has 6 heteroatoms. The maximum Gasteiger partial charge on any atom is 0.224 e. The van der Waals surface area contributed by atoms with Crippen molar-refractivity contribution in [2.75, 3.05) is 17.7 Å². The highest BCUT2D eigenvalue weighted by molar-refractivity contribution is 6.30. The lowest BCUT2D eigenvalue weighted by atomic mass is 10.2. The van der Waals surface area contributed by atoms with Gasteiger partial charge in [-0.05, 0) is 36.2 Å². The zero-order valence-electron chi connectivity index (χ0n) is 10.7. The third kappa shape index (κ3) is 3.28. The van der Waals surface area contributed by atoms with Gasteiger partial charge in [0.2, 0.25) is 5.28 Å². The first-order chi connectivity index (χ1) is 8.97. The van der Waals surface area contributed by atoms with Gasteiger partial charge in [-0.3, -0.25) is 0 Å². The average molecular weight is 297 g/mol. The summed E-state index contributed by atoms with van der Waals surface area (Å²) in [4.78, 5) is 10.1. The fraction of sp³-hybridized carbons (Fsp3) is 0.231. The van der Waals surface area contributed by atoms with E-state index < -0.39 is 0 Å². The minimum Gasteiger partial charge on any atom is -0.394 e. The van der Waals surface area contributed by atoms with Gasteiger partial charge in [0.1, 0.15) is 0 Å². The highest BCUT2D eigenvalue weighted by Crippen LogP contribution is 2.25. The molecule has 0 saturated carbocycles. The quantitative estimate of drug-likeness (QED) is 0.883. The van der Waals surface area contributed by atoms with E-state index in [2.05, 4.69) is 9.97 Å². The Morgan fingerprint density at radius 2 is 1.79 bits per heavy atom. The van der Waals surface area contributed by atoms with E-state index >= 15 is 0 Å². The Morgan fingerprint density at radius 1 is 1.16 bits per heavy atom. The number of nitrogens with two attached hydrogens (primary N) is 1. The van der Waals surface area contributed by atoms with Crippen molar-refractivity contribution in [3.63, 3.8) is 0 Å². The number of nitrogen functional groups attached to an aromatic ring is 1. The summed E-state index contributed by atoms with van der Waals surface area (Å²) in [6.45, 7) is 2.47. The van der Waals surface area contributed by atoms with Crippen LogP contribution in [0, 0.1) is 6.92 Å². The fourth-order valence-corrected chi connectivity index (χ4v) is 2.10. The van der Waals surface area contributed by atoms with Crippen molar-refractivity contribution in [3.8, 4) is 0 Å². The van der Waals surface area contributed by atoms with Crippen LogP contribution in [-0.2, 0) is 6.54 Å². The molecule has 0 saturated heterocycles. The second-order valence-corrected chi connectivity index (χ2v) is 5.07. The van der Waals surface area contributed by atoms with Gasteiger partial charge in [0.25, 0.3) is 0 Å². The van der Waals surface area contributed by atoms with Crippen LogP contribution in [-0.4, -0.2) is 17.0 Å². The van der Waals surface area contributed by atoms with Crippen LogP contribution in [0.5, 0.6) is 0 Å². The Hall–Kier alpha value is -1.52. The minimum absolute atomic E-state index is 0.199. The number of anilines is 2. The Bertz CT molecular complexity index is 584. The molecule has 0 aliphatic carbocycles. The highest BCUT2D eigenvalue weighted by atomic mass is 35.5. The number of benzene rings is 1. The summed E-state index contributed by atoms with van der Waals surface area (Å²) in [5, 5.41) is 0.913. The number of halogens is 2. The van der Waals surface area contributed by atoms with E-state index in [1.54, 1.807) is 0 Å². The van der Waals surface area contributed by atoms with Gasteiger partial charge in [-0.1, -0.05) is 23.7 Å². The van der Waals surface area contributed by atoms with E-state index in [4.69, 9.17) is 28.9 Å². The molecule has 0 fully saturated rings. The molecule has 1 aromatic carbocycles. The molecular weight excluding hydrogens is 283 g/mol. The molecule has 4 nitrogen and oxygen atoms in total.